The van der Waals surface area contributed by atoms with E-state index in [-0.39, 0.29) is 5.78 Å². The number of carbonyl (C=O) groups is 1. The lowest BCUT2D eigenvalue weighted by Gasteiger charge is -1.91. The molecule has 0 unspecified atom stereocenters. The molecule has 0 aliphatic heterocycles. The normalized spacial score (nSPS) is 10.9. The number of halogens is 1. The number of ketones is 1. The lowest BCUT2D eigenvalue weighted by Crippen LogP contribution is -1.99. The zero-order chi connectivity index (χ0) is 11.8. The summed E-state index contributed by atoms with van der Waals surface area (Å²) in [5.41, 5.74) is 1.82. The number of thiophene rings is 1. The third kappa shape index (κ3) is 1.85. The van der Waals surface area contributed by atoms with Crippen molar-refractivity contribution in [3.8, 4) is 0 Å². The predicted octanol–water partition coefficient (Wildman–Crippen LogP) is 3.28. The van der Waals surface area contributed by atoms with E-state index in [0.29, 0.717) is 21.9 Å². The Bertz CT molecular complexity index is 688. The van der Waals surface area contributed by atoms with Crippen molar-refractivity contribution in [3.05, 3.63) is 57.6 Å². The molecule has 0 amide bonds. The number of aromatic nitrogens is 2. The summed E-state index contributed by atoms with van der Waals surface area (Å²) in [5.74, 6) is -0.0638. The second-order valence-corrected chi connectivity index (χ2v) is 4.80. The van der Waals surface area contributed by atoms with Gasteiger partial charge in [-0.05, 0) is 23.6 Å². The summed E-state index contributed by atoms with van der Waals surface area (Å²) in [6.07, 6.45) is 3.43. The fourth-order valence-corrected chi connectivity index (χ4v) is 2.42. The summed E-state index contributed by atoms with van der Waals surface area (Å²) in [5, 5.41) is 4.31. The molecule has 0 aromatic carbocycles. The van der Waals surface area contributed by atoms with Crippen LogP contribution < -0.4 is 0 Å². The number of fused-ring (bicyclic) bond motifs is 1. The minimum atomic E-state index is -0.0638. The Balaban J connectivity index is 2.09. The average Bonchev–Trinajstić information content (AvgIpc) is 2.96. The largest absolute Gasteiger partial charge is 0.305 e. The van der Waals surface area contributed by atoms with Crippen molar-refractivity contribution in [2.75, 3.05) is 0 Å². The van der Waals surface area contributed by atoms with Gasteiger partial charge in [0.15, 0.2) is 0 Å². The van der Waals surface area contributed by atoms with Gasteiger partial charge in [-0.3, -0.25) is 4.79 Å². The Kier molecular flexibility index (Phi) is 2.46. The maximum absolute atomic E-state index is 12.1. The standard InChI is InChI=1S/C12H7ClN2OS/c13-9-1-2-11-14-10(6-15(11)5-9)12(16)8-3-4-17-7-8/h1-7H. The topological polar surface area (TPSA) is 34.4 Å². The number of pyridine rings is 1. The lowest BCUT2D eigenvalue weighted by atomic mass is 10.2. The first kappa shape index (κ1) is 10.5. The zero-order valence-electron chi connectivity index (χ0n) is 8.63. The molecule has 0 aliphatic carbocycles. The quantitative estimate of drug-likeness (QED) is 0.664. The van der Waals surface area contributed by atoms with E-state index in [1.807, 2.05) is 10.8 Å². The molecule has 0 bridgehead atoms. The van der Waals surface area contributed by atoms with Gasteiger partial charge in [-0.25, -0.2) is 4.98 Å². The molecule has 0 fully saturated rings. The van der Waals surface area contributed by atoms with E-state index in [0.717, 1.165) is 0 Å². The first-order chi connectivity index (χ1) is 8.24. The van der Waals surface area contributed by atoms with Crippen molar-refractivity contribution in [2.24, 2.45) is 0 Å². The van der Waals surface area contributed by atoms with Crippen LogP contribution in [0.25, 0.3) is 5.65 Å². The van der Waals surface area contributed by atoms with Crippen molar-refractivity contribution in [1.29, 1.82) is 0 Å². The van der Waals surface area contributed by atoms with Crippen molar-refractivity contribution >= 4 is 34.4 Å². The van der Waals surface area contributed by atoms with Crippen LogP contribution in [0.4, 0.5) is 0 Å². The van der Waals surface area contributed by atoms with E-state index < -0.39 is 0 Å². The highest BCUT2D eigenvalue weighted by molar-refractivity contribution is 7.08. The Hall–Kier alpha value is -1.65. The smallest absolute Gasteiger partial charge is 0.213 e. The van der Waals surface area contributed by atoms with Gasteiger partial charge in [0.25, 0.3) is 0 Å². The summed E-state index contributed by atoms with van der Waals surface area (Å²) < 4.78 is 1.75. The van der Waals surface area contributed by atoms with E-state index in [2.05, 4.69) is 4.98 Å². The van der Waals surface area contributed by atoms with Crippen molar-refractivity contribution in [2.45, 2.75) is 0 Å². The van der Waals surface area contributed by atoms with Gasteiger partial charge in [-0.15, -0.1) is 0 Å². The van der Waals surface area contributed by atoms with Crippen LogP contribution in [0.2, 0.25) is 5.02 Å². The van der Waals surface area contributed by atoms with Crippen LogP contribution in [-0.2, 0) is 0 Å². The SMILES string of the molecule is O=C(c1ccsc1)c1cn2cc(Cl)ccc2n1. The summed E-state index contributed by atoms with van der Waals surface area (Å²) in [6.45, 7) is 0. The molecule has 0 radical (unpaired) electrons. The first-order valence-corrected chi connectivity index (χ1v) is 6.27. The monoisotopic (exact) mass is 262 g/mol. The van der Waals surface area contributed by atoms with Crippen LogP contribution in [-0.4, -0.2) is 15.2 Å². The maximum Gasteiger partial charge on any atom is 0.213 e. The van der Waals surface area contributed by atoms with Gasteiger partial charge >= 0.3 is 0 Å². The molecule has 3 aromatic rings. The van der Waals surface area contributed by atoms with E-state index in [4.69, 9.17) is 11.6 Å². The van der Waals surface area contributed by atoms with E-state index in [1.165, 1.54) is 11.3 Å². The summed E-state index contributed by atoms with van der Waals surface area (Å²) in [7, 11) is 0. The molecule has 0 spiro atoms. The Labute approximate surface area is 106 Å². The second kappa shape index (κ2) is 3.98. The second-order valence-electron chi connectivity index (χ2n) is 3.58. The highest BCUT2D eigenvalue weighted by atomic mass is 35.5. The lowest BCUT2D eigenvalue weighted by molar-refractivity contribution is 0.103. The van der Waals surface area contributed by atoms with Crippen LogP contribution in [0.5, 0.6) is 0 Å². The molecule has 0 saturated carbocycles. The molecule has 3 aromatic heterocycles. The Morgan fingerprint density at radius 1 is 1.29 bits per heavy atom. The van der Waals surface area contributed by atoms with Gasteiger partial charge in [-0.2, -0.15) is 11.3 Å². The van der Waals surface area contributed by atoms with E-state index in [1.54, 1.807) is 35.0 Å². The van der Waals surface area contributed by atoms with Crippen LogP contribution >= 0.6 is 22.9 Å². The van der Waals surface area contributed by atoms with Crippen LogP contribution in [0, 0.1) is 0 Å². The van der Waals surface area contributed by atoms with Crippen molar-refractivity contribution in [3.63, 3.8) is 0 Å². The first-order valence-electron chi connectivity index (χ1n) is 4.95. The fourth-order valence-electron chi connectivity index (χ4n) is 1.62. The van der Waals surface area contributed by atoms with Gasteiger partial charge < -0.3 is 4.40 Å². The number of hydrogen-bond acceptors (Lipinski definition) is 3. The highest BCUT2D eigenvalue weighted by Crippen LogP contribution is 2.15. The summed E-state index contributed by atoms with van der Waals surface area (Å²) >= 11 is 7.37. The summed E-state index contributed by atoms with van der Waals surface area (Å²) in [4.78, 5) is 16.3. The van der Waals surface area contributed by atoms with Gasteiger partial charge in [0.1, 0.15) is 11.3 Å². The molecule has 3 rings (SSSR count). The fraction of sp³-hybridized carbons (Fsp3) is 0. The van der Waals surface area contributed by atoms with Crippen LogP contribution in [0.3, 0.4) is 0 Å². The van der Waals surface area contributed by atoms with Crippen molar-refractivity contribution < 1.29 is 4.79 Å². The molecule has 5 heteroatoms. The number of hydrogen-bond donors (Lipinski definition) is 0. The van der Waals surface area contributed by atoms with E-state index >= 15 is 0 Å². The molecule has 17 heavy (non-hydrogen) atoms. The average molecular weight is 263 g/mol. The molecule has 0 saturated heterocycles. The predicted molar refractivity (Wildman–Crippen MR) is 68.0 cm³/mol. The van der Waals surface area contributed by atoms with Gasteiger partial charge in [0.05, 0.1) is 5.02 Å². The molecule has 0 N–H and O–H groups in total. The third-order valence-electron chi connectivity index (χ3n) is 2.43. The van der Waals surface area contributed by atoms with E-state index in [9.17, 15) is 4.79 Å². The molecular formula is C12H7ClN2OS. The van der Waals surface area contributed by atoms with Crippen LogP contribution in [0.15, 0.2) is 41.4 Å². The molecule has 3 nitrogen and oxygen atoms in total. The van der Waals surface area contributed by atoms with Crippen LogP contribution in [0.1, 0.15) is 16.1 Å². The Morgan fingerprint density at radius 3 is 2.94 bits per heavy atom. The number of rotatable bonds is 2. The molecule has 0 atom stereocenters. The zero-order valence-corrected chi connectivity index (χ0v) is 10.2. The number of imidazole rings is 1. The molecule has 84 valence electrons. The highest BCUT2D eigenvalue weighted by Gasteiger charge is 2.13. The number of carbonyl (C=O) groups excluding carboxylic acids is 1. The number of nitrogens with zero attached hydrogens (tertiary/aromatic N) is 2. The molecule has 3 heterocycles. The summed E-state index contributed by atoms with van der Waals surface area (Å²) in [6, 6.07) is 5.33. The maximum atomic E-state index is 12.1. The van der Waals surface area contributed by atoms with Gasteiger partial charge in [-0.1, -0.05) is 11.6 Å². The molecular weight excluding hydrogens is 256 g/mol. The Morgan fingerprint density at radius 2 is 2.18 bits per heavy atom. The molecule has 0 aliphatic rings. The van der Waals surface area contributed by atoms with Gasteiger partial charge in [0.2, 0.25) is 5.78 Å². The minimum absolute atomic E-state index is 0.0638. The minimum Gasteiger partial charge on any atom is -0.305 e. The van der Waals surface area contributed by atoms with Crippen molar-refractivity contribution in [1.82, 2.24) is 9.38 Å². The third-order valence-corrected chi connectivity index (χ3v) is 3.34. The van der Waals surface area contributed by atoms with Gasteiger partial charge in [0, 0.05) is 23.3 Å².